The van der Waals surface area contributed by atoms with E-state index in [0.29, 0.717) is 5.39 Å². The monoisotopic (exact) mass is 402 g/mol. The first kappa shape index (κ1) is 18.9. The second kappa shape index (κ2) is 6.59. The van der Waals surface area contributed by atoms with Crippen molar-refractivity contribution in [3.05, 3.63) is 58.4 Å². The maximum atomic E-state index is 14.3. The molecule has 29 heavy (non-hydrogen) atoms. The topological polar surface area (TPSA) is 97.6 Å². The average Bonchev–Trinajstić information content (AvgIpc) is 2.68. The minimum atomic E-state index is -4.13. The molecule has 3 heterocycles. The number of aromatic nitrogens is 3. The number of benzene rings is 1. The van der Waals surface area contributed by atoms with Crippen LogP contribution in [0.2, 0.25) is 0 Å². The number of hydrogen-bond acceptors (Lipinski definition) is 6. The van der Waals surface area contributed by atoms with E-state index in [0.717, 1.165) is 4.90 Å². The van der Waals surface area contributed by atoms with Crippen LogP contribution in [0.3, 0.4) is 0 Å². The SMILES string of the molecule is C[C@@H](O)c1cccc2c1OC(F)(F)C(=O)N2Cc1nc2cnccc2c(=O)n1C. The van der Waals surface area contributed by atoms with E-state index in [2.05, 4.69) is 14.7 Å². The van der Waals surface area contributed by atoms with Crippen molar-refractivity contribution in [3.8, 4) is 5.75 Å². The van der Waals surface area contributed by atoms with Crippen LogP contribution in [0.15, 0.2) is 41.5 Å². The van der Waals surface area contributed by atoms with Gasteiger partial charge in [-0.05, 0) is 19.1 Å². The lowest BCUT2D eigenvalue weighted by molar-refractivity contribution is -0.193. The molecule has 10 heteroatoms. The summed E-state index contributed by atoms with van der Waals surface area (Å²) >= 11 is 0. The van der Waals surface area contributed by atoms with Gasteiger partial charge in [0.05, 0.1) is 35.4 Å². The Morgan fingerprint density at radius 3 is 2.76 bits per heavy atom. The highest BCUT2D eigenvalue weighted by molar-refractivity contribution is 6.01. The molecule has 0 bridgehead atoms. The number of anilines is 1. The van der Waals surface area contributed by atoms with E-state index >= 15 is 0 Å². The van der Waals surface area contributed by atoms with Gasteiger partial charge in [-0.3, -0.25) is 24.0 Å². The zero-order valence-electron chi connectivity index (χ0n) is 15.5. The van der Waals surface area contributed by atoms with Crippen LogP contribution in [0.25, 0.3) is 10.9 Å². The molecule has 1 aromatic carbocycles. The molecule has 150 valence electrons. The summed E-state index contributed by atoms with van der Waals surface area (Å²) in [5.41, 5.74) is 0.0675. The van der Waals surface area contributed by atoms with Gasteiger partial charge in [0.2, 0.25) is 0 Å². The Morgan fingerprint density at radius 2 is 2.03 bits per heavy atom. The van der Waals surface area contributed by atoms with Crippen molar-refractivity contribution in [3.63, 3.8) is 0 Å². The maximum Gasteiger partial charge on any atom is 0.483 e. The van der Waals surface area contributed by atoms with E-state index in [1.54, 1.807) is 0 Å². The number of aliphatic hydroxyl groups is 1. The number of halogens is 2. The van der Waals surface area contributed by atoms with Crippen LogP contribution in [-0.4, -0.2) is 31.7 Å². The molecule has 1 aliphatic rings. The summed E-state index contributed by atoms with van der Waals surface area (Å²) in [5.74, 6) is -1.79. The third-order valence-corrected chi connectivity index (χ3v) is 4.76. The van der Waals surface area contributed by atoms with Crippen LogP contribution < -0.4 is 15.2 Å². The van der Waals surface area contributed by atoms with Crippen LogP contribution in [0.4, 0.5) is 14.5 Å². The normalized spacial score (nSPS) is 16.4. The van der Waals surface area contributed by atoms with Crippen LogP contribution in [0.5, 0.6) is 5.75 Å². The van der Waals surface area contributed by atoms with E-state index in [-0.39, 0.29) is 28.3 Å². The lowest BCUT2D eigenvalue weighted by Gasteiger charge is -2.34. The Bertz CT molecular complexity index is 1190. The molecule has 0 spiro atoms. The number of rotatable bonds is 3. The van der Waals surface area contributed by atoms with E-state index < -0.39 is 30.2 Å². The summed E-state index contributed by atoms with van der Waals surface area (Å²) in [5, 5.41) is 10.2. The van der Waals surface area contributed by atoms with Crippen LogP contribution in [-0.2, 0) is 18.4 Å². The number of carbonyl (C=O) groups excluding carboxylic acids is 1. The Labute approximate surface area is 163 Å². The maximum absolute atomic E-state index is 14.3. The molecule has 0 fully saturated rings. The summed E-state index contributed by atoms with van der Waals surface area (Å²) in [7, 11) is 1.45. The first-order valence-corrected chi connectivity index (χ1v) is 8.70. The fraction of sp³-hybridized carbons (Fsp3) is 0.263. The number of pyridine rings is 1. The summed E-state index contributed by atoms with van der Waals surface area (Å²) < 4.78 is 34.5. The number of ether oxygens (including phenoxy) is 1. The number of aliphatic hydroxyl groups excluding tert-OH is 1. The number of amides is 1. The van der Waals surface area contributed by atoms with Gasteiger partial charge in [0.1, 0.15) is 5.82 Å². The fourth-order valence-corrected chi connectivity index (χ4v) is 3.24. The molecule has 1 aliphatic heterocycles. The molecule has 1 atom stereocenters. The van der Waals surface area contributed by atoms with Crippen molar-refractivity contribution in [2.24, 2.45) is 7.05 Å². The standard InChI is InChI=1S/C19H16F2N4O4/c1-10(26)11-4-3-5-14-16(11)29-19(20,21)18(28)25(14)9-15-23-13-8-22-7-6-12(13)17(27)24(15)2/h3-8,10,26H,9H2,1-2H3/t10-/m1/s1. The molecule has 1 N–H and O–H groups in total. The first-order chi connectivity index (χ1) is 13.7. The molecule has 2 aromatic heterocycles. The number of alkyl halides is 2. The van der Waals surface area contributed by atoms with Gasteiger partial charge in [0.15, 0.2) is 5.75 Å². The molecule has 3 aromatic rings. The van der Waals surface area contributed by atoms with Crippen molar-refractivity contribution in [1.82, 2.24) is 14.5 Å². The summed E-state index contributed by atoms with van der Waals surface area (Å²) in [6.45, 7) is 1.00. The first-order valence-electron chi connectivity index (χ1n) is 8.70. The lowest BCUT2D eigenvalue weighted by atomic mass is 10.1. The number of hydrogen-bond donors (Lipinski definition) is 1. The minimum Gasteiger partial charge on any atom is -0.423 e. The van der Waals surface area contributed by atoms with Crippen molar-refractivity contribution in [2.45, 2.75) is 25.7 Å². The summed E-state index contributed by atoms with van der Waals surface area (Å²) in [6, 6.07) is 5.88. The Balaban J connectivity index is 1.87. The van der Waals surface area contributed by atoms with Gasteiger partial charge in [-0.15, -0.1) is 0 Å². The molecule has 4 rings (SSSR count). The van der Waals surface area contributed by atoms with Gasteiger partial charge in [-0.1, -0.05) is 12.1 Å². The third kappa shape index (κ3) is 3.01. The zero-order chi connectivity index (χ0) is 20.9. The van der Waals surface area contributed by atoms with Gasteiger partial charge in [-0.2, -0.15) is 8.78 Å². The highest BCUT2D eigenvalue weighted by Crippen LogP contribution is 2.44. The van der Waals surface area contributed by atoms with Crippen molar-refractivity contribution in [2.75, 3.05) is 4.90 Å². The Kier molecular flexibility index (Phi) is 4.30. The van der Waals surface area contributed by atoms with Gasteiger partial charge < -0.3 is 9.84 Å². The quantitative estimate of drug-likeness (QED) is 0.719. The summed E-state index contributed by atoms with van der Waals surface area (Å²) in [4.78, 5) is 34.0. The van der Waals surface area contributed by atoms with Gasteiger partial charge in [0.25, 0.3) is 5.56 Å². The van der Waals surface area contributed by atoms with Crippen molar-refractivity contribution in [1.29, 1.82) is 0 Å². The van der Waals surface area contributed by atoms with Gasteiger partial charge >= 0.3 is 12.0 Å². The Hall–Kier alpha value is -3.40. The van der Waals surface area contributed by atoms with Crippen molar-refractivity contribution >= 4 is 22.5 Å². The second-order valence-corrected chi connectivity index (χ2v) is 6.67. The smallest absolute Gasteiger partial charge is 0.423 e. The van der Waals surface area contributed by atoms with Crippen LogP contribution in [0, 0.1) is 0 Å². The highest BCUT2D eigenvalue weighted by Gasteiger charge is 2.51. The van der Waals surface area contributed by atoms with Crippen LogP contribution in [0.1, 0.15) is 24.4 Å². The molecule has 8 nitrogen and oxygen atoms in total. The number of carbonyl (C=O) groups is 1. The predicted molar refractivity (Wildman–Crippen MR) is 98.6 cm³/mol. The molecule has 0 aliphatic carbocycles. The molecule has 0 saturated carbocycles. The molecule has 1 amide bonds. The van der Waals surface area contributed by atoms with Gasteiger partial charge in [-0.25, -0.2) is 4.98 Å². The van der Waals surface area contributed by atoms with E-state index in [9.17, 15) is 23.5 Å². The predicted octanol–water partition coefficient (Wildman–Crippen LogP) is 1.90. The average molecular weight is 402 g/mol. The largest absolute Gasteiger partial charge is 0.483 e. The van der Waals surface area contributed by atoms with E-state index in [4.69, 9.17) is 0 Å². The van der Waals surface area contributed by atoms with E-state index in [1.807, 2.05) is 0 Å². The molecule has 0 unspecified atom stereocenters. The molecular weight excluding hydrogens is 386 g/mol. The minimum absolute atomic E-state index is 0.0554. The summed E-state index contributed by atoms with van der Waals surface area (Å²) in [6.07, 6.45) is -2.39. The van der Waals surface area contributed by atoms with Gasteiger partial charge in [0, 0.05) is 18.8 Å². The second-order valence-electron chi connectivity index (χ2n) is 6.67. The third-order valence-electron chi connectivity index (χ3n) is 4.76. The number of fused-ring (bicyclic) bond motifs is 2. The number of nitrogens with zero attached hydrogens (tertiary/aromatic N) is 4. The molecular formula is C19H16F2N4O4. The van der Waals surface area contributed by atoms with Crippen molar-refractivity contribution < 1.29 is 23.4 Å². The van der Waals surface area contributed by atoms with E-state index in [1.165, 1.54) is 55.2 Å². The number of para-hydroxylation sites is 1. The lowest BCUT2D eigenvalue weighted by Crippen LogP contribution is -2.51. The molecule has 0 radical (unpaired) electrons. The highest BCUT2D eigenvalue weighted by atomic mass is 19.3. The zero-order valence-corrected chi connectivity index (χ0v) is 15.5. The Morgan fingerprint density at radius 1 is 1.28 bits per heavy atom. The fourth-order valence-electron chi connectivity index (χ4n) is 3.24. The van der Waals surface area contributed by atoms with Crippen LogP contribution >= 0.6 is 0 Å². The molecule has 0 saturated heterocycles.